The number of hydrogen-bond donors (Lipinski definition) is 1. The number of nitrogens with zero attached hydrogens (tertiary/aromatic N) is 3. The number of amides is 1. The average Bonchev–Trinajstić information content (AvgIpc) is 2.55. The standard InChI is InChI=1S/C17H26N4O/c1-13-3-2-8-21(12-13)14-6-9-20(10-7-14)15-4-5-16(17(18)22)19-11-15/h4-5,11,13-14H,2-3,6-10,12H2,1H3,(H2,18,22). The molecule has 0 saturated carbocycles. The third kappa shape index (κ3) is 3.40. The van der Waals surface area contributed by atoms with Crippen molar-refractivity contribution in [1.82, 2.24) is 9.88 Å². The molecule has 0 aliphatic carbocycles. The highest BCUT2D eigenvalue weighted by atomic mass is 16.1. The summed E-state index contributed by atoms with van der Waals surface area (Å²) in [6, 6.07) is 4.41. The van der Waals surface area contributed by atoms with E-state index in [1.807, 2.05) is 6.07 Å². The summed E-state index contributed by atoms with van der Waals surface area (Å²) in [6.45, 7) is 7.02. The third-order valence-electron chi connectivity index (χ3n) is 5.03. The number of piperidine rings is 2. The number of primary amides is 1. The first-order valence-corrected chi connectivity index (χ1v) is 8.38. The number of aromatic nitrogens is 1. The maximum absolute atomic E-state index is 11.1. The number of hydrogen-bond acceptors (Lipinski definition) is 4. The maximum Gasteiger partial charge on any atom is 0.267 e. The molecule has 0 radical (unpaired) electrons. The predicted octanol–water partition coefficient (Wildman–Crippen LogP) is 1.88. The van der Waals surface area contributed by atoms with Gasteiger partial charge in [0, 0.05) is 25.7 Å². The Morgan fingerprint density at radius 2 is 2.00 bits per heavy atom. The van der Waals surface area contributed by atoms with Gasteiger partial charge in [-0.2, -0.15) is 0 Å². The van der Waals surface area contributed by atoms with Crippen LogP contribution >= 0.6 is 0 Å². The van der Waals surface area contributed by atoms with Crippen LogP contribution in [0.15, 0.2) is 18.3 Å². The lowest BCUT2D eigenvalue weighted by atomic mass is 9.95. The molecule has 5 heteroatoms. The second kappa shape index (κ2) is 6.65. The summed E-state index contributed by atoms with van der Waals surface area (Å²) in [7, 11) is 0. The van der Waals surface area contributed by atoms with E-state index in [1.54, 1.807) is 12.3 Å². The van der Waals surface area contributed by atoms with E-state index < -0.39 is 5.91 Å². The van der Waals surface area contributed by atoms with E-state index in [9.17, 15) is 4.79 Å². The highest BCUT2D eigenvalue weighted by Gasteiger charge is 2.27. The lowest BCUT2D eigenvalue weighted by molar-refractivity contribution is 0.0995. The molecule has 2 aliphatic rings. The molecule has 3 rings (SSSR count). The number of likely N-dealkylation sites (tertiary alicyclic amines) is 1. The lowest BCUT2D eigenvalue weighted by Crippen LogP contribution is -2.48. The molecule has 2 N–H and O–H groups in total. The second-order valence-corrected chi connectivity index (χ2v) is 6.73. The largest absolute Gasteiger partial charge is 0.370 e. The third-order valence-corrected chi connectivity index (χ3v) is 5.03. The van der Waals surface area contributed by atoms with Gasteiger partial charge in [0.15, 0.2) is 0 Å². The molecule has 1 atom stereocenters. The van der Waals surface area contributed by atoms with E-state index in [-0.39, 0.29) is 0 Å². The predicted molar refractivity (Wildman–Crippen MR) is 88.0 cm³/mol. The van der Waals surface area contributed by atoms with E-state index in [1.165, 1.54) is 38.8 Å². The van der Waals surface area contributed by atoms with Crippen molar-refractivity contribution in [1.29, 1.82) is 0 Å². The van der Waals surface area contributed by atoms with Crippen molar-refractivity contribution in [2.75, 3.05) is 31.1 Å². The number of carbonyl (C=O) groups excluding carboxylic acids is 1. The van der Waals surface area contributed by atoms with Crippen LogP contribution in [0.2, 0.25) is 0 Å². The number of rotatable bonds is 3. The van der Waals surface area contributed by atoms with E-state index in [0.717, 1.165) is 30.7 Å². The number of nitrogens with two attached hydrogens (primary N) is 1. The van der Waals surface area contributed by atoms with E-state index in [0.29, 0.717) is 5.69 Å². The normalized spacial score (nSPS) is 24.4. The number of anilines is 1. The molecular formula is C17H26N4O. The first-order valence-electron chi connectivity index (χ1n) is 8.38. The van der Waals surface area contributed by atoms with Gasteiger partial charge in [0.1, 0.15) is 5.69 Å². The Morgan fingerprint density at radius 3 is 2.59 bits per heavy atom. The maximum atomic E-state index is 11.1. The average molecular weight is 302 g/mol. The van der Waals surface area contributed by atoms with Gasteiger partial charge in [0.2, 0.25) is 0 Å². The minimum atomic E-state index is -0.468. The van der Waals surface area contributed by atoms with Crippen molar-refractivity contribution >= 4 is 11.6 Å². The van der Waals surface area contributed by atoms with E-state index in [2.05, 4.69) is 21.7 Å². The van der Waals surface area contributed by atoms with Gasteiger partial charge < -0.3 is 10.6 Å². The van der Waals surface area contributed by atoms with Crippen LogP contribution in [-0.2, 0) is 0 Å². The molecule has 5 nitrogen and oxygen atoms in total. The Labute approximate surface area is 132 Å². The Kier molecular flexibility index (Phi) is 4.62. The zero-order chi connectivity index (χ0) is 15.5. The molecule has 1 aromatic rings. The van der Waals surface area contributed by atoms with Crippen molar-refractivity contribution in [3.05, 3.63) is 24.0 Å². The summed E-state index contributed by atoms with van der Waals surface area (Å²) in [5, 5.41) is 0. The summed E-state index contributed by atoms with van der Waals surface area (Å²) >= 11 is 0. The summed E-state index contributed by atoms with van der Waals surface area (Å²) in [6.07, 6.45) is 6.92. The monoisotopic (exact) mass is 302 g/mol. The molecule has 0 spiro atoms. The van der Waals surface area contributed by atoms with Gasteiger partial charge in [0.25, 0.3) is 5.91 Å². The molecule has 120 valence electrons. The van der Waals surface area contributed by atoms with Crippen molar-refractivity contribution in [3.63, 3.8) is 0 Å². The Balaban J connectivity index is 1.56. The first kappa shape index (κ1) is 15.3. The minimum Gasteiger partial charge on any atom is -0.370 e. The van der Waals surface area contributed by atoms with Crippen molar-refractivity contribution < 1.29 is 4.79 Å². The molecule has 1 aromatic heterocycles. The Morgan fingerprint density at radius 1 is 1.23 bits per heavy atom. The fraction of sp³-hybridized carbons (Fsp3) is 0.647. The fourth-order valence-corrected chi connectivity index (χ4v) is 3.77. The van der Waals surface area contributed by atoms with Gasteiger partial charge in [-0.1, -0.05) is 6.92 Å². The summed E-state index contributed by atoms with van der Waals surface area (Å²) in [5.41, 5.74) is 6.66. The summed E-state index contributed by atoms with van der Waals surface area (Å²) in [5.74, 6) is 0.377. The molecule has 0 bridgehead atoms. The molecule has 2 aliphatic heterocycles. The van der Waals surface area contributed by atoms with Gasteiger partial charge in [-0.3, -0.25) is 9.69 Å². The molecule has 3 heterocycles. The SMILES string of the molecule is CC1CCCN(C2CCN(c3ccc(C(N)=O)nc3)CC2)C1. The second-order valence-electron chi connectivity index (χ2n) is 6.73. The molecule has 0 aromatic carbocycles. The lowest BCUT2D eigenvalue weighted by Gasteiger charge is -2.42. The van der Waals surface area contributed by atoms with Gasteiger partial charge in [0.05, 0.1) is 11.9 Å². The van der Waals surface area contributed by atoms with Crippen LogP contribution in [0.4, 0.5) is 5.69 Å². The van der Waals surface area contributed by atoms with Gasteiger partial charge in [-0.15, -0.1) is 0 Å². The highest BCUT2D eigenvalue weighted by Crippen LogP contribution is 2.25. The molecule has 1 amide bonds. The smallest absolute Gasteiger partial charge is 0.267 e. The van der Waals surface area contributed by atoms with Crippen LogP contribution in [-0.4, -0.2) is 48.0 Å². The summed E-state index contributed by atoms with van der Waals surface area (Å²) in [4.78, 5) is 20.3. The van der Waals surface area contributed by atoms with Crippen molar-refractivity contribution in [2.24, 2.45) is 11.7 Å². The topological polar surface area (TPSA) is 62.5 Å². The van der Waals surface area contributed by atoms with Crippen molar-refractivity contribution in [2.45, 2.75) is 38.6 Å². The van der Waals surface area contributed by atoms with Crippen LogP contribution in [0.3, 0.4) is 0 Å². The Bertz CT molecular complexity index is 508. The quantitative estimate of drug-likeness (QED) is 0.926. The fourth-order valence-electron chi connectivity index (χ4n) is 3.77. The number of carbonyl (C=O) groups is 1. The van der Waals surface area contributed by atoms with Crippen LogP contribution < -0.4 is 10.6 Å². The van der Waals surface area contributed by atoms with Crippen LogP contribution in [0.1, 0.15) is 43.1 Å². The van der Waals surface area contributed by atoms with Gasteiger partial charge in [-0.05, 0) is 50.3 Å². The first-order chi connectivity index (χ1) is 10.6. The van der Waals surface area contributed by atoms with E-state index >= 15 is 0 Å². The van der Waals surface area contributed by atoms with Crippen LogP contribution in [0.25, 0.3) is 0 Å². The Hall–Kier alpha value is -1.62. The zero-order valence-corrected chi connectivity index (χ0v) is 13.4. The molecular weight excluding hydrogens is 276 g/mol. The minimum absolute atomic E-state index is 0.334. The van der Waals surface area contributed by atoms with Gasteiger partial charge in [-0.25, -0.2) is 4.98 Å². The van der Waals surface area contributed by atoms with Crippen molar-refractivity contribution in [3.8, 4) is 0 Å². The van der Waals surface area contributed by atoms with Gasteiger partial charge >= 0.3 is 0 Å². The van der Waals surface area contributed by atoms with E-state index in [4.69, 9.17) is 5.73 Å². The molecule has 2 fully saturated rings. The molecule has 1 unspecified atom stereocenters. The molecule has 22 heavy (non-hydrogen) atoms. The summed E-state index contributed by atoms with van der Waals surface area (Å²) < 4.78 is 0. The highest BCUT2D eigenvalue weighted by molar-refractivity contribution is 5.90. The van der Waals surface area contributed by atoms with Crippen LogP contribution in [0, 0.1) is 5.92 Å². The van der Waals surface area contributed by atoms with Crippen LogP contribution in [0.5, 0.6) is 0 Å². The zero-order valence-electron chi connectivity index (χ0n) is 13.4. The molecule has 2 saturated heterocycles. The number of pyridine rings is 1.